The molecule has 4 nitrogen and oxygen atoms in total. The molecule has 0 aliphatic heterocycles. The number of carbonyl (C=O) groups is 1. The van der Waals surface area contributed by atoms with Crippen LogP contribution in [0.5, 0.6) is 0 Å². The molecule has 0 saturated carbocycles. The smallest absolute Gasteiger partial charge is 0.242 e. The van der Waals surface area contributed by atoms with Gasteiger partial charge in [-0.2, -0.15) is 0 Å². The van der Waals surface area contributed by atoms with Gasteiger partial charge in [0, 0.05) is 16.0 Å². The number of rotatable bonds is 5. The number of nitrogens with one attached hydrogen (secondary N) is 1. The van der Waals surface area contributed by atoms with E-state index in [1.165, 1.54) is 28.6 Å². The second-order valence-corrected chi connectivity index (χ2v) is 9.66. The second kappa shape index (κ2) is 8.20. The summed E-state index contributed by atoms with van der Waals surface area (Å²) in [6, 6.07) is 17.8. The lowest BCUT2D eigenvalue weighted by Crippen LogP contribution is -2.19. The van der Waals surface area contributed by atoms with Crippen LogP contribution in [0.3, 0.4) is 0 Å². The highest BCUT2D eigenvalue weighted by molar-refractivity contribution is 8.00. The van der Waals surface area contributed by atoms with Crippen LogP contribution in [0.15, 0.2) is 66.0 Å². The van der Waals surface area contributed by atoms with E-state index in [1.54, 1.807) is 17.7 Å². The van der Waals surface area contributed by atoms with Gasteiger partial charge in [-0.3, -0.25) is 4.79 Å². The Bertz CT molecular complexity index is 1200. The molecule has 0 radical (unpaired) electrons. The lowest BCUT2D eigenvalue weighted by Gasteiger charge is -2.17. The maximum atomic E-state index is 13.3. The molecule has 1 unspecified atom stereocenters. The third-order valence-corrected chi connectivity index (χ3v) is 7.81. The van der Waals surface area contributed by atoms with Crippen molar-refractivity contribution in [1.29, 1.82) is 0 Å². The van der Waals surface area contributed by atoms with Crippen LogP contribution in [-0.2, 0) is 17.6 Å². The summed E-state index contributed by atoms with van der Waals surface area (Å²) in [5, 5.41) is 4.72. The number of hydrogen-bond donors (Lipinski definition) is 1. The van der Waals surface area contributed by atoms with Gasteiger partial charge in [-0.15, -0.1) is 11.3 Å². The number of thioether (sulfide) groups is 1. The molecule has 6 heteroatoms. The molecular weight excluding hydrogens is 410 g/mol. The summed E-state index contributed by atoms with van der Waals surface area (Å²) in [4.78, 5) is 24.9. The fourth-order valence-corrected chi connectivity index (χ4v) is 6.27. The quantitative estimate of drug-likeness (QED) is 0.313. The SMILES string of the molecule is Cc1ccc(NC(=O)C(Sc2ncnc3sc4c(c23)CCC4)c2ccccc2)cc1. The summed E-state index contributed by atoms with van der Waals surface area (Å²) in [6.07, 6.45) is 5.00. The average Bonchev–Trinajstić information content (AvgIpc) is 3.35. The lowest BCUT2D eigenvalue weighted by atomic mass is 10.1. The zero-order valence-corrected chi connectivity index (χ0v) is 18.2. The summed E-state index contributed by atoms with van der Waals surface area (Å²) >= 11 is 3.29. The number of carbonyl (C=O) groups excluding carboxylic acids is 1. The van der Waals surface area contributed by atoms with Gasteiger partial charge in [0.15, 0.2) is 0 Å². The number of anilines is 1. The van der Waals surface area contributed by atoms with Crippen LogP contribution in [0.25, 0.3) is 10.2 Å². The molecule has 5 rings (SSSR count). The Balaban J connectivity index is 1.51. The molecular formula is C24H21N3OS2. The van der Waals surface area contributed by atoms with E-state index in [1.807, 2.05) is 61.5 Å². The van der Waals surface area contributed by atoms with Crippen LogP contribution in [0.1, 0.15) is 33.2 Å². The fraction of sp³-hybridized carbons (Fsp3) is 0.208. The normalized spacial score (nSPS) is 13.9. The van der Waals surface area contributed by atoms with Crippen LogP contribution >= 0.6 is 23.1 Å². The number of fused-ring (bicyclic) bond motifs is 3. The molecule has 2 heterocycles. The van der Waals surface area contributed by atoms with E-state index in [2.05, 4.69) is 15.3 Å². The number of amides is 1. The second-order valence-electron chi connectivity index (χ2n) is 7.48. The van der Waals surface area contributed by atoms with Crippen molar-refractivity contribution in [2.75, 3.05) is 5.32 Å². The van der Waals surface area contributed by atoms with Crippen LogP contribution in [0.2, 0.25) is 0 Å². The van der Waals surface area contributed by atoms with Crippen LogP contribution in [0, 0.1) is 6.92 Å². The summed E-state index contributed by atoms with van der Waals surface area (Å²) in [7, 11) is 0. The first-order chi connectivity index (χ1) is 14.7. The highest BCUT2D eigenvalue weighted by Gasteiger charge is 2.27. The van der Waals surface area contributed by atoms with Crippen LogP contribution in [0.4, 0.5) is 5.69 Å². The highest BCUT2D eigenvalue weighted by Crippen LogP contribution is 2.44. The lowest BCUT2D eigenvalue weighted by molar-refractivity contribution is -0.115. The molecule has 2 aromatic heterocycles. The van der Waals surface area contributed by atoms with Crippen molar-refractivity contribution in [2.24, 2.45) is 0 Å². The van der Waals surface area contributed by atoms with E-state index in [0.29, 0.717) is 0 Å². The van der Waals surface area contributed by atoms with Gasteiger partial charge < -0.3 is 5.32 Å². The monoisotopic (exact) mass is 431 g/mol. The molecule has 0 bridgehead atoms. The van der Waals surface area contributed by atoms with Crippen molar-refractivity contribution in [3.05, 3.63) is 82.5 Å². The van der Waals surface area contributed by atoms with Gasteiger partial charge >= 0.3 is 0 Å². The minimum atomic E-state index is -0.400. The first-order valence-electron chi connectivity index (χ1n) is 10.0. The molecule has 30 heavy (non-hydrogen) atoms. The van der Waals surface area contributed by atoms with Gasteiger partial charge in [-0.05, 0) is 49.4 Å². The predicted octanol–water partition coefficient (Wildman–Crippen LogP) is 5.96. The number of aryl methyl sites for hydroxylation is 3. The Morgan fingerprint density at radius 3 is 2.67 bits per heavy atom. The zero-order valence-electron chi connectivity index (χ0n) is 16.6. The number of hydrogen-bond acceptors (Lipinski definition) is 5. The molecule has 1 aliphatic rings. The first kappa shape index (κ1) is 19.3. The van der Waals surface area contributed by atoms with E-state index < -0.39 is 5.25 Å². The van der Waals surface area contributed by atoms with Gasteiger partial charge in [0.2, 0.25) is 5.91 Å². The molecule has 1 amide bonds. The third-order valence-electron chi connectivity index (χ3n) is 5.36. The van der Waals surface area contributed by atoms with E-state index in [0.717, 1.165) is 44.9 Å². The molecule has 1 N–H and O–H groups in total. The summed E-state index contributed by atoms with van der Waals surface area (Å²) in [6.45, 7) is 2.04. The van der Waals surface area contributed by atoms with E-state index >= 15 is 0 Å². The van der Waals surface area contributed by atoms with Gasteiger partial charge in [0.1, 0.15) is 21.4 Å². The van der Waals surface area contributed by atoms with Gasteiger partial charge in [-0.25, -0.2) is 9.97 Å². The predicted molar refractivity (Wildman–Crippen MR) is 124 cm³/mol. The minimum Gasteiger partial charge on any atom is -0.325 e. The third kappa shape index (κ3) is 3.73. The van der Waals surface area contributed by atoms with E-state index in [-0.39, 0.29) is 5.91 Å². The molecule has 150 valence electrons. The average molecular weight is 432 g/mol. The number of aromatic nitrogens is 2. The van der Waals surface area contributed by atoms with Crippen LogP contribution < -0.4 is 5.32 Å². The molecule has 1 aliphatic carbocycles. The Morgan fingerprint density at radius 1 is 1.07 bits per heavy atom. The van der Waals surface area contributed by atoms with Crippen molar-refractivity contribution < 1.29 is 4.79 Å². The highest BCUT2D eigenvalue weighted by atomic mass is 32.2. The fourth-order valence-electron chi connectivity index (χ4n) is 3.85. The number of thiophene rings is 1. The Hall–Kier alpha value is -2.70. The Morgan fingerprint density at radius 2 is 1.87 bits per heavy atom. The number of nitrogens with zero attached hydrogens (tertiary/aromatic N) is 2. The summed E-state index contributed by atoms with van der Waals surface area (Å²) < 4.78 is 0. The van der Waals surface area contributed by atoms with Crippen molar-refractivity contribution in [2.45, 2.75) is 36.5 Å². The van der Waals surface area contributed by atoms with E-state index in [9.17, 15) is 4.79 Å². The Labute approximate surface area is 183 Å². The molecule has 2 aromatic carbocycles. The summed E-state index contributed by atoms with van der Waals surface area (Å²) in [5.41, 5.74) is 4.31. The van der Waals surface area contributed by atoms with E-state index in [4.69, 9.17) is 0 Å². The summed E-state index contributed by atoms with van der Waals surface area (Å²) in [5.74, 6) is -0.0475. The molecule has 0 spiro atoms. The topological polar surface area (TPSA) is 54.9 Å². The maximum absolute atomic E-state index is 13.3. The van der Waals surface area contributed by atoms with Gasteiger partial charge in [0.05, 0.1) is 0 Å². The van der Waals surface area contributed by atoms with Gasteiger partial charge in [-0.1, -0.05) is 59.8 Å². The number of benzene rings is 2. The Kier molecular flexibility index (Phi) is 5.27. The maximum Gasteiger partial charge on any atom is 0.242 e. The van der Waals surface area contributed by atoms with Gasteiger partial charge in [0.25, 0.3) is 0 Å². The molecule has 0 fully saturated rings. The largest absolute Gasteiger partial charge is 0.325 e. The van der Waals surface area contributed by atoms with Crippen molar-refractivity contribution in [1.82, 2.24) is 9.97 Å². The first-order valence-corrected chi connectivity index (χ1v) is 11.7. The zero-order chi connectivity index (χ0) is 20.5. The van der Waals surface area contributed by atoms with Crippen molar-refractivity contribution in [3.8, 4) is 0 Å². The molecule has 0 saturated heterocycles. The molecule has 1 atom stereocenters. The standard InChI is InChI=1S/C24H21N3OS2/c1-15-10-12-17(13-11-15)27-22(28)21(16-6-3-2-4-7-16)30-24-20-18-8-5-9-19(18)29-23(20)25-14-26-24/h2-4,6-7,10-14,21H,5,8-9H2,1H3,(H,27,28). The van der Waals surface area contributed by atoms with Crippen molar-refractivity contribution >= 4 is 44.9 Å². The van der Waals surface area contributed by atoms with Crippen molar-refractivity contribution in [3.63, 3.8) is 0 Å². The molecule has 4 aromatic rings. The van der Waals surface area contributed by atoms with Crippen LogP contribution in [-0.4, -0.2) is 15.9 Å². The minimum absolute atomic E-state index is 0.0475.